The van der Waals surface area contributed by atoms with Crippen molar-refractivity contribution in [1.82, 2.24) is 10.2 Å². The summed E-state index contributed by atoms with van der Waals surface area (Å²) in [7, 11) is 0. The molecule has 1 saturated heterocycles. The van der Waals surface area contributed by atoms with E-state index in [1.54, 1.807) is 11.8 Å². The Morgan fingerprint density at radius 1 is 1.24 bits per heavy atom. The van der Waals surface area contributed by atoms with Gasteiger partial charge in [-0.05, 0) is 31.9 Å². The van der Waals surface area contributed by atoms with Crippen LogP contribution < -0.4 is 16.4 Å². The van der Waals surface area contributed by atoms with Gasteiger partial charge in [-0.1, -0.05) is 18.2 Å². The monoisotopic (exact) mass is 290 g/mol. The minimum Gasteiger partial charge on any atom is -0.341 e. The molecule has 0 spiro atoms. The second kappa shape index (κ2) is 7.08. The fourth-order valence-electron chi connectivity index (χ4n) is 2.41. The topological polar surface area (TPSA) is 87.5 Å². The first-order chi connectivity index (χ1) is 10.1. The molecule has 1 fully saturated rings. The summed E-state index contributed by atoms with van der Waals surface area (Å²) in [5.41, 5.74) is 6.36. The molecule has 0 radical (unpaired) electrons. The SMILES string of the molecule is C[C@H](N)C(=O)N1CCC(NC(=O)Nc2ccccc2)CC1. The molecular weight excluding hydrogens is 268 g/mol. The number of hydrogen-bond donors (Lipinski definition) is 3. The molecule has 0 aliphatic carbocycles. The van der Waals surface area contributed by atoms with E-state index in [0.717, 1.165) is 18.5 Å². The van der Waals surface area contributed by atoms with Crippen molar-refractivity contribution in [3.8, 4) is 0 Å². The Hall–Kier alpha value is -2.08. The maximum atomic E-state index is 11.9. The highest BCUT2D eigenvalue weighted by Gasteiger charge is 2.25. The average molecular weight is 290 g/mol. The van der Waals surface area contributed by atoms with E-state index in [0.29, 0.717) is 13.1 Å². The van der Waals surface area contributed by atoms with Gasteiger partial charge in [0.2, 0.25) is 5.91 Å². The minimum absolute atomic E-state index is 0.0258. The molecule has 2 rings (SSSR count). The first-order valence-corrected chi connectivity index (χ1v) is 7.23. The lowest BCUT2D eigenvalue weighted by Gasteiger charge is -2.33. The lowest BCUT2D eigenvalue weighted by Crippen LogP contribution is -2.50. The summed E-state index contributed by atoms with van der Waals surface area (Å²) >= 11 is 0. The largest absolute Gasteiger partial charge is 0.341 e. The smallest absolute Gasteiger partial charge is 0.319 e. The number of urea groups is 1. The van der Waals surface area contributed by atoms with Crippen LogP contribution in [0.25, 0.3) is 0 Å². The van der Waals surface area contributed by atoms with Crippen molar-refractivity contribution in [2.45, 2.75) is 31.8 Å². The van der Waals surface area contributed by atoms with Crippen LogP contribution in [0.4, 0.5) is 10.5 Å². The normalized spacial score (nSPS) is 17.1. The molecule has 0 unspecified atom stereocenters. The number of amides is 3. The second-order valence-corrected chi connectivity index (χ2v) is 5.35. The number of anilines is 1. The lowest BCUT2D eigenvalue weighted by molar-refractivity contribution is -0.133. The van der Waals surface area contributed by atoms with Gasteiger partial charge in [-0.25, -0.2) is 4.79 Å². The molecule has 1 atom stereocenters. The van der Waals surface area contributed by atoms with Crippen molar-refractivity contribution in [1.29, 1.82) is 0 Å². The predicted molar refractivity (Wildman–Crippen MR) is 81.8 cm³/mol. The molecule has 1 aliphatic heterocycles. The Labute approximate surface area is 124 Å². The van der Waals surface area contributed by atoms with Gasteiger partial charge in [-0.3, -0.25) is 4.79 Å². The predicted octanol–water partition coefficient (Wildman–Crippen LogP) is 1.15. The van der Waals surface area contributed by atoms with E-state index in [2.05, 4.69) is 10.6 Å². The number of nitrogens with zero attached hydrogens (tertiary/aromatic N) is 1. The van der Waals surface area contributed by atoms with Crippen LogP contribution in [-0.2, 0) is 4.79 Å². The molecule has 6 nitrogen and oxygen atoms in total. The van der Waals surface area contributed by atoms with E-state index in [1.165, 1.54) is 0 Å². The quantitative estimate of drug-likeness (QED) is 0.780. The zero-order chi connectivity index (χ0) is 15.2. The standard InChI is InChI=1S/C15H22N4O2/c1-11(16)14(20)19-9-7-13(8-10-19)18-15(21)17-12-5-3-2-4-6-12/h2-6,11,13H,7-10,16H2,1H3,(H2,17,18,21)/t11-/m0/s1. The second-order valence-electron chi connectivity index (χ2n) is 5.35. The summed E-state index contributed by atoms with van der Waals surface area (Å²) in [5, 5.41) is 5.73. The minimum atomic E-state index is -0.462. The molecule has 1 aromatic rings. The van der Waals surface area contributed by atoms with Gasteiger partial charge in [0.25, 0.3) is 0 Å². The zero-order valence-electron chi connectivity index (χ0n) is 12.2. The van der Waals surface area contributed by atoms with Crippen molar-refractivity contribution < 1.29 is 9.59 Å². The molecule has 6 heteroatoms. The molecule has 3 amide bonds. The van der Waals surface area contributed by atoms with Crippen molar-refractivity contribution in [3.63, 3.8) is 0 Å². The van der Waals surface area contributed by atoms with Gasteiger partial charge >= 0.3 is 6.03 Å². The molecule has 1 heterocycles. The third-order valence-electron chi connectivity index (χ3n) is 3.56. The number of benzene rings is 1. The first-order valence-electron chi connectivity index (χ1n) is 7.23. The molecule has 1 aliphatic rings. The van der Waals surface area contributed by atoms with Crippen molar-refractivity contribution in [2.24, 2.45) is 5.73 Å². The Kier molecular flexibility index (Phi) is 5.16. The number of nitrogens with one attached hydrogen (secondary N) is 2. The van der Waals surface area contributed by atoms with Crippen LogP contribution in [0.5, 0.6) is 0 Å². The Morgan fingerprint density at radius 3 is 2.43 bits per heavy atom. The maximum Gasteiger partial charge on any atom is 0.319 e. The summed E-state index contributed by atoms with van der Waals surface area (Å²) in [6, 6.07) is 8.72. The van der Waals surface area contributed by atoms with E-state index in [4.69, 9.17) is 5.73 Å². The van der Waals surface area contributed by atoms with Gasteiger partial charge in [0.05, 0.1) is 6.04 Å². The van der Waals surface area contributed by atoms with Gasteiger partial charge < -0.3 is 21.3 Å². The van der Waals surface area contributed by atoms with Crippen LogP contribution in [0.3, 0.4) is 0 Å². The molecule has 0 saturated carbocycles. The molecule has 0 bridgehead atoms. The molecule has 4 N–H and O–H groups in total. The van der Waals surface area contributed by atoms with Crippen molar-refractivity contribution in [3.05, 3.63) is 30.3 Å². The first kappa shape index (κ1) is 15.3. The van der Waals surface area contributed by atoms with Crippen LogP contribution in [-0.4, -0.2) is 42.0 Å². The third-order valence-corrected chi connectivity index (χ3v) is 3.56. The number of rotatable bonds is 3. The van der Waals surface area contributed by atoms with Crippen molar-refractivity contribution in [2.75, 3.05) is 18.4 Å². The molecule has 114 valence electrons. The summed E-state index contributed by atoms with van der Waals surface area (Å²) in [4.78, 5) is 25.4. The number of nitrogens with two attached hydrogens (primary N) is 1. The molecule has 21 heavy (non-hydrogen) atoms. The van der Waals surface area contributed by atoms with Gasteiger partial charge in [-0.2, -0.15) is 0 Å². The van der Waals surface area contributed by atoms with Crippen LogP contribution in [0.2, 0.25) is 0 Å². The van der Waals surface area contributed by atoms with Crippen LogP contribution in [0.15, 0.2) is 30.3 Å². The average Bonchev–Trinajstić information content (AvgIpc) is 2.48. The van der Waals surface area contributed by atoms with Gasteiger partial charge in [-0.15, -0.1) is 0 Å². The van der Waals surface area contributed by atoms with Gasteiger partial charge in [0.15, 0.2) is 0 Å². The van der Waals surface area contributed by atoms with E-state index in [1.807, 2.05) is 30.3 Å². The Morgan fingerprint density at radius 2 is 1.86 bits per heavy atom. The van der Waals surface area contributed by atoms with E-state index in [-0.39, 0.29) is 18.0 Å². The van der Waals surface area contributed by atoms with E-state index in [9.17, 15) is 9.59 Å². The molecule has 0 aromatic heterocycles. The fourth-order valence-corrected chi connectivity index (χ4v) is 2.41. The zero-order valence-corrected chi connectivity index (χ0v) is 12.2. The Bertz CT molecular complexity index is 482. The fraction of sp³-hybridized carbons (Fsp3) is 0.467. The number of likely N-dealkylation sites (tertiary alicyclic amines) is 1. The highest BCUT2D eigenvalue weighted by molar-refractivity contribution is 5.89. The number of carbonyl (C=O) groups is 2. The van der Waals surface area contributed by atoms with Crippen LogP contribution in [0, 0.1) is 0 Å². The summed E-state index contributed by atoms with van der Waals surface area (Å²) in [5.74, 6) is -0.0258. The van der Waals surface area contributed by atoms with Gasteiger partial charge in [0, 0.05) is 24.8 Å². The Balaban J connectivity index is 1.76. The number of para-hydroxylation sites is 1. The van der Waals surface area contributed by atoms with Crippen LogP contribution in [0.1, 0.15) is 19.8 Å². The third kappa shape index (κ3) is 4.46. The number of hydrogen-bond acceptors (Lipinski definition) is 3. The highest BCUT2D eigenvalue weighted by atomic mass is 16.2. The highest BCUT2D eigenvalue weighted by Crippen LogP contribution is 2.12. The van der Waals surface area contributed by atoms with Crippen molar-refractivity contribution >= 4 is 17.6 Å². The summed E-state index contributed by atoms with van der Waals surface area (Å²) < 4.78 is 0. The van der Waals surface area contributed by atoms with Gasteiger partial charge in [0.1, 0.15) is 0 Å². The summed E-state index contributed by atoms with van der Waals surface area (Å²) in [6.45, 7) is 2.97. The van der Waals surface area contributed by atoms with E-state index >= 15 is 0 Å². The number of carbonyl (C=O) groups excluding carboxylic acids is 2. The maximum absolute atomic E-state index is 11.9. The summed E-state index contributed by atoms with van der Waals surface area (Å²) in [6.07, 6.45) is 1.50. The molecule has 1 aromatic carbocycles. The number of piperidine rings is 1. The molecular formula is C15H22N4O2. The lowest BCUT2D eigenvalue weighted by atomic mass is 10.0. The van der Waals surface area contributed by atoms with E-state index < -0.39 is 6.04 Å². The van der Waals surface area contributed by atoms with Crippen LogP contribution >= 0.6 is 0 Å².